The highest BCUT2D eigenvalue weighted by Crippen LogP contribution is 2.39. The molecule has 6 rings (SSSR count). The Kier molecular flexibility index (Phi) is 5.90. The fourth-order valence-electron chi connectivity index (χ4n) is 4.89. The van der Waals surface area contributed by atoms with Crippen LogP contribution in [0.2, 0.25) is 0 Å². The smallest absolute Gasteiger partial charge is 0.271 e. The molecule has 1 aliphatic rings. The van der Waals surface area contributed by atoms with Gasteiger partial charge in [-0.1, -0.05) is 35.9 Å². The number of thiazole rings is 1. The highest BCUT2D eigenvalue weighted by atomic mass is 32.2. The predicted molar refractivity (Wildman–Crippen MR) is 146 cm³/mol. The van der Waals surface area contributed by atoms with Crippen LogP contribution in [0.1, 0.15) is 17.5 Å². The second kappa shape index (κ2) is 9.08. The Morgan fingerprint density at radius 1 is 1.10 bits per heavy atom. The van der Waals surface area contributed by atoms with Crippen LogP contribution in [-0.4, -0.2) is 51.9 Å². The van der Waals surface area contributed by atoms with E-state index in [0.29, 0.717) is 32.0 Å². The Labute approximate surface area is 228 Å². The summed E-state index contributed by atoms with van der Waals surface area (Å²) >= 11 is 1.25. The number of benzene rings is 2. The Balaban J connectivity index is 1.45. The fraction of sp³-hybridized carbons (Fsp3) is 0.179. The number of rotatable bonds is 5. The summed E-state index contributed by atoms with van der Waals surface area (Å²) in [6, 6.07) is 16.3. The minimum absolute atomic E-state index is 0.0265. The quantitative estimate of drug-likeness (QED) is 0.337. The summed E-state index contributed by atoms with van der Waals surface area (Å²) in [6.07, 6.45) is 1.69. The second-order valence-electron chi connectivity index (χ2n) is 9.58. The number of aromatic nitrogens is 3. The van der Waals surface area contributed by atoms with Gasteiger partial charge in [0.15, 0.2) is 11.2 Å². The molecule has 0 unspecified atom stereocenters. The number of pyridine rings is 1. The molecule has 1 N–H and O–H groups in total. The summed E-state index contributed by atoms with van der Waals surface area (Å²) in [6.45, 7) is 2.28. The number of nitrogens with zero attached hydrogens (tertiary/aromatic N) is 4. The van der Waals surface area contributed by atoms with Gasteiger partial charge in [-0.3, -0.25) is 4.79 Å². The maximum absolute atomic E-state index is 16.1. The van der Waals surface area contributed by atoms with E-state index in [1.807, 2.05) is 6.92 Å². The molecule has 0 bridgehead atoms. The molecular weight excluding hydrogens is 539 g/mol. The van der Waals surface area contributed by atoms with Crippen molar-refractivity contribution in [2.75, 3.05) is 13.6 Å². The molecule has 198 valence electrons. The van der Waals surface area contributed by atoms with Gasteiger partial charge in [-0.15, -0.1) is 11.3 Å². The molecular formula is C28H23FN4O4S2. The lowest BCUT2D eigenvalue weighted by atomic mass is 9.91. The number of carbonyl (C=O) groups excluding carboxylic acids is 1. The standard InChI is InChI=1S/C28H23FN4O4S2/c1-17-8-10-20(11-9-17)39(36,37)33-24(29)23(21-7-4-13-30-25(21)33)22-16-38-26(31-22)18-5-3-6-19(15-18)28(35)12-14-32(2)27(28)34/h3-11,13,15-16,35H,12,14H2,1-2H3/t28-/m1/s1. The zero-order valence-electron chi connectivity index (χ0n) is 21.0. The molecule has 5 aromatic rings. The first-order valence-corrected chi connectivity index (χ1v) is 14.4. The number of aryl methyl sites for hydroxylation is 1. The predicted octanol–water partition coefficient (Wildman–Crippen LogP) is 4.56. The van der Waals surface area contributed by atoms with E-state index in [4.69, 9.17) is 0 Å². The minimum atomic E-state index is -4.29. The summed E-state index contributed by atoms with van der Waals surface area (Å²) in [5, 5.41) is 13.6. The summed E-state index contributed by atoms with van der Waals surface area (Å²) in [4.78, 5) is 22.9. The molecule has 39 heavy (non-hydrogen) atoms. The SMILES string of the molecule is Cc1ccc(S(=O)(=O)n2c(F)c(-c3csc(-c4cccc([C@]5(O)CCN(C)C5=O)c4)n3)c3cccnc32)cc1. The Morgan fingerprint density at radius 2 is 1.87 bits per heavy atom. The van der Waals surface area contributed by atoms with Gasteiger partial charge in [-0.2, -0.15) is 8.36 Å². The number of fused-ring (bicyclic) bond motifs is 1. The Morgan fingerprint density at radius 3 is 2.59 bits per heavy atom. The Hall–Kier alpha value is -3.93. The number of amides is 1. The lowest BCUT2D eigenvalue weighted by Gasteiger charge is -2.21. The van der Waals surface area contributed by atoms with Crippen LogP contribution in [0.3, 0.4) is 0 Å². The van der Waals surface area contributed by atoms with Crippen molar-refractivity contribution in [3.05, 3.63) is 89.3 Å². The molecule has 1 amide bonds. The van der Waals surface area contributed by atoms with Crippen molar-refractivity contribution < 1.29 is 22.7 Å². The van der Waals surface area contributed by atoms with E-state index < -0.39 is 21.6 Å². The first-order chi connectivity index (χ1) is 18.6. The van der Waals surface area contributed by atoms with Gasteiger partial charge in [-0.25, -0.2) is 18.4 Å². The molecule has 8 nitrogen and oxygen atoms in total. The van der Waals surface area contributed by atoms with Crippen LogP contribution >= 0.6 is 11.3 Å². The third-order valence-corrected chi connectivity index (χ3v) is 9.62. The zero-order valence-corrected chi connectivity index (χ0v) is 22.6. The van der Waals surface area contributed by atoms with E-state index in [1.54, 1.807) is 61.0 Å². The van der Waals surface area contributed by atoms with Gasteiger partial charge in [0.05, 0.1) is 16.2 Å². The average molecular weight is 563 g/mol. The lowest BCUT2D eigenvalue weighted by molar-refractivity contribution is -0.143. The van der Waals surface area contributed by atoms with E-state index in [0.717, 1.165) is 5.56 Å². The van der Waals surface area contributed by atoms with Crippen molar-refractivity contribution >= 4 is 38.3 Å². The van der Waals surface area contributed by atoms with Gasteiger partial charge in [0.25, 0.3) is 15.9 Å². The van der Waals surface area contributed by atoms with Crippen LogP contribution in [0.15, 0.2) is 77.1 Å². The number of aliphatic hydroxyl groups is 1. The van der Waals surface area contributed by atoms with Crippen molar-refractivity contribution in [1.29, 1.82) is 0 Å². The number of likely N-dealkylation sites (tertiary alicyclic amines) is 1. The molecule has 4 heterocycles. The molecule has 0 spiro atoms. The monoisotopic (exact) mass is 562 g/mol. The average Bonchev–Trinajstić information content (AvgIpc) is 3.60. The Bertz CT molecular complexity index is 1860. The van der Waals surface area contributed by atoms with Crippen LogP contribution in [0.25, 0.3) is 32.9 Å². The van der Waals surface area contributed by atoms with Crippen LogP contribution in [0.5, 0.6) is 0 Å². The van der Waals surface area contributed by atoms with E-state index in [2.05, 4.69) is 9.97 Å². The summed E-state index contributed by atoms with van der Waals surface area (Å²) in [5.41, 5.74) is 0.619. The van der Waals surface area contributed by atoms with E-state index >= 15 is 4.39 Å². The molecule has 1 saturated heterocycles. The molecule has 1 atom stereocenters. The number of hydrogen-bond acceptors (Lipinski definition) is 7. The largest absolute Gasteiger partial charge is 0.375 e. The maximum Gasteiger partial charge on any atom is 0.271 e. The second-order valence-corrected chi connectivity index (χ2v) is 12.2. The normalized spacial score (nSPS) is 17.8. The highest BCUT2D eigenvalue weighted by Gasteiger charge is 2.45. The van der Waals surface area contributed by atoms with Crippen molar-refractivity contribution in [3.8, 4) is 21.8 Å². The van der Waals surface area contributed by atoms with Gasteiger partial charge >= 0.3 is 0 Å². The fourth-order valence-corrected chi connectivity index (χ4v) is 7.06. The van der Waals surface area contributed by atoms with E-state index in [-0.39, 0.29) is 34.1 Å². The van der Waals surface area contributed by atoms with Gasteiger partial charge in [0.2, 0.25) is 5.95 Å². The van der Waals surface area contributed by atoms with Crippen LogP contribution in [0.4, 0.5) is 4.39 Å². The van der Waals surface area contributed by atoms with Gasteiger partial charge < -0.3 is 10.0 Å². The van der Waals surface area contributed by atoms with Crippen molar-refractivity contribution in [2.24, 2.45) is 0 Å². The molecule has 0 radical (unpaired) electrons. The molecule has 3 aromatic heterocycles. The molecule has 11 heteroatoms. The summed E-state index contributed by atoms with van der Waals surface area (Å²) in [7, 11) is -2.64. The maximum atomic E-state index is 16.1. The van der Waals surface area contributed by atoms with Gasteiger partial charge in [0, 0.05) is 42.5 Å². The summed E-state index contributed by atoms with van der Waals surface area (Å²) < 4.78 is 43.7. The third-order valence-electron chi connectivity index (χ3n) is 7.05. The van der Waals surface area contributed by atoms with Crippen molar-refractivity contribution in [2.45, 2.75) is 23.8 Å². The zero-order chi connectivity index (χ0) is 27.5. The number of hydrogen-bond donors (Lipinski definition) is 1. The number of likely N-dealkylation sites (N-methyl/N-ethyl adjacent to an activating group) is 1. The molecule has 2 aromatic carbocycles. The number of halogens is 1. The third kappa shape index (κ3) is 3.96. The van der Waals surface area contributed by atoms with Crippen LogP contribution < -0.4 is 0 Å². The van der Waals surface area contributed by atoms with Crippen LogP contribution in [-0.2, 0) is 20.4 Å². The van der Waals surface area contributed by atoms with E-state index in [1.165, 1.54) is 34.6 Å². The minimum Gasteiger partial charge on any atom is -0.375 e. The van der Waals surface area contributed by atoms with Gasteiger partial charge in [-0.05, 0) is 42.8 Å². The lowest BCUT2D eigenvalue weighted by Crippen LogP contribution is -2.36. The molecule has 0 aliphatic carbocycles. The topological polar surface area (TPSA) is 105 Å². The number of carbonyl (C=O) groups is 1. The van der Waals surface area contributed by atoms with Gasteiger partial charge in [0.1, 0.15) is 5.01 Å². The van der Waals surface area contributed by atoms with Crippen molar-refractivity contribution in [3.63, 3.8) is 0 Å². The van der Waals surface area contributed by atoms with E-state index in [9.17, 15) is 18.3 Å². The first-order valence-electron chi connectivity index (χ1n) is 12.1. The van der Waals surface area contributed by atoms with Crippen molar-refractivity contribution in [1.82, 2.24) is 18.8 Å². The van der Waals surface area contributed by atoms with Crippen LogP contribution in [0, 0.1) is 12.9 Å². The molecule has 1 aliphatic heterocycles. The molecule has 0 saturated carbocycles. The first kappa shape index (κ1) is 25.4. The highest BCUT2D eigenvalue weighted by molar-refractivity contribution is 7.90. The summed E-state index contributed by atoms with van der Waals surface area (Å²) in [5.74, 6) is -1.35. The molecule has 1 fully saturated rings.